The van der Waals surface area contributed by atoms with Crippen LogP contribution in [0.2, 0.25) is 0 Å². The molecule has 0 saturated heterocycles. The fourth-order valence-corrected chi connectivity index (χ4v) is 2.09. The molecule has 1 aromatic carbocycles. The number of methoxy groups -OCH3 is 1. The lowest BCUT2D eigenvalue weighted by Crippen LogP contribution is -2.18. The number of ether oxygens (including phenoxy) is 1. The van der Waals surface area contributed by atoms with E-state index in [9.17, 15) is 10.1 Å². The van der Waals surface area contributed by atoms with Crippen LogP contribution in [0.25, 0.3) is 11.0 Å². The molecule has 1 saturated carbocycles. The molecule has 1 heterocycles. The maximum Gasteiger partial charge on any atom is 0.329 e. The first kappa shape index (κ1) is 13.3. The first-order valence-electron chi connectivity index (χ1n) is 6.73. The van der Waals surface area contributed by atoms with Crippen LogP contribution in [0.3, 0.4) is 0 Å². The Balaban J connectivity index is 2.12. The van der Waals surface area contributed by atoms with Gasteiger partial charge in [-0.05, 0) is 25.0 Å². The number of carbonyl (C=O) groups is 1. The number of nitrogens with one attached hydrogen (secondary N) is 1. The van der Waals surface area contributed by atoms with Crippen molar-refractivity contribution < 1.29 is 9.53 Å². The molecule has 1 aromatic heterocycles. The normalized spacial score (nSPS) is 15.2. The van der Waals surface area contributed by atoms with Crippen LogP contribution in [0.4, 0.5) is 5.82 Å². The van der Waals surface area contributed by atoms with E-state index in [0.717, 1.165) is 18.4 Å². The molecule has 0 radical (unpaired) electrons. The lowest BCUT2D eigenvalue weighted by molar-refractivity contribution is -0.141. The van der Waals surface area contributed by atoms with Crippen LogP contribution < -0.4 is 5.32 Å². The average Bonchev–Trinajstić information content (AvgIpc) is 3.32. The van der Waals surface area contributed by atoms with Gasteiger partial charge in [-0.1, -0.05) is 12.1 Å². The lowest BCUT2D eigenvalue weighted by Gasteiger charge is -2.13. The molecule has 1 atom stereocenters. The zero-order chi connectivity index (χ0) is 14.8. The van der Waals surface area contributed by atoms with E-state index in [2.05, 4.69) is 20.0 Å². The van der Waals surface area contributed by atoms with E-state index < -0.39 is 11.9 Å². The summed E-state index contributed by atoms with van der Waals surface area (Å²) in [6.07, 6.45) is 2.12. The Bertz CT molecular complexity index is 734. The van der Waals surface area contributed by atoms with Crippen LogP contribution in [-0.4, -0.2) is 29.1 Å². The maximum absolute atomic E-state index is 11.8. The second-order valence-electron chi connectivity index (χ2n) is 4.95. The zero-order valence-electron chi connectivity index (χ0n) is 11.5. The molecule has 1 aliphatic carbocycles. The number of nitriles is 1. The summed E-state index contributed by atoms with van der Waals surface area (Å²) in [5.74, 6) is -1.21. The van der Waals surface area contributed by atoms with Crippen LogP contribution in [-0.2, 0) is 9.53 Å². The van der Waals surface area contributed by atoms with Gasteiger partial charge in [0.2, 0.25) is 0 Å². The van der Waals surface area contributed by atoms with E-state index in [0.29, 0.717) is 23.1 Å². The molecular weight excluding hydrogens is 268 g/mol. The summed E-state index contributed by atoms with van der Waals surface area (Å²) in [7, 11) is 1.26. The number of hydrogen-bond acceptors (Lipinski definition) is 6. The fourth-order valence-electron chi connectivity index (χ4n) is 2.09. The van der Waals surface area contributed by atoms with E-state index in [-0.39, 0.29) is 0 Å². The van der Waals surface area contributed by atoms with Crippen LogP contribution in [0, 0.1) is 11.3 Å². The molecule has 106 valence electrons. The molecule has 2 aromatic rings. The van der Waals surface area contributed by atoms with E-state index in [1.165, 1.54) is 7.11 Å². The zero-order valence-corrected chi connectivity index (χ0v) is 11.5. The number of hydrogen-bond donors (Lipinski definition) is 1. The highest BCUT2D eigenvalue weighted by Gasteiger charge is 2.30. The van der Waals surface area contributed by atoms with Gasteiger partial charge in [-0.2, -0.15) is 5.26 Å². The van der Waals surface area contributed by atoms with Crippen molar-refractivity contribution in [3.63, 3.8) is 0 Å². The quantitative estimate of drug-likeness (QED) is 0.863. The first-order chi connectivity index (χ1) is 10.2. The standard InChI is InChI=1S/C15H14N4O2/c1-21-15(20)10(8-16)13-14(17-9-6-7-9)19-12-5-3-2-4-11(12)18-13/h2-5,9-10H,6-7H2,1H3,(H,17,19)/t10-/m0/s1. The molecule has 0 aliphatic heterocycles. The van der Waals surface area contributed by atoms with E-state index in [1.807, 2.05) is 24.3 Å². The molecule has 0 spiro atoms. The van der Waals surface area contributed by atoms with Crippen LogP contribution in [0.1, 0.15) is 24.5 Å². The number of esters is 1. The number of anilines is 1. The highest BCUT2D eigenvalue weighted by Crippen LogP contribution is 2.30. The Morgan fingerprint density at radius 2 is 2.05 bits per heavy atom. The molecule has 6 heteroatoms. The summed E-state index contributed by atoms with van der Waals surface area (Å²) in [6.45, 7) is 0. The number of aromatic nitrogens is 2. The van der Waals surface area contributed by atoms with Crippen molar-refractivity contribution in [2.45, 2.75) is 24.8 Å². The van der Waals surface area contributed by atoms with Gasteiger partial charge < -0.3 is 10.1 Å². The molecule has 0 amide bonds. The van der Waals surface area contributed by atoms with E-state index >= 15 is 0 Å². The monoisotopic (exact) mass is 282 g/mol. The van der Waals surface area contributed by atoms with Crippen molar-refractivity contribution in [3.05, 3.63) is 30.0 Å². The number of benzene rings is 1. The Morgan fingerprint density at radius 1 is 1.38 bits per heavy atom. The number of carbonyl (C=O) groups excluding carboxylic acids is 1. The summed E-state index contributed by atoms with van der Waals surface area (Å²) < 4.78 is 4.69. The maximum atomic E-state index is 11.8. The van der Waals surface area contributed by atoms with Gasteiger partial charge in [0.25, 0.3) is 0 Å². The summed E-state index contributed by atoms with van der Waals surface area (Å²) in [4.78, 5) is 20.7. The lowest BCUT2D eigenvalue weighted by atomic mass is 10.1. The number of para-hydroxylation sites is 2. The molecule has 6 nitrogen and oxygen atoms in total. The van der Waals surface area contributed by atoms with Gasteiger partial charge in [-0.15, -0.1) is 0 Å². The van der Waals surface area contributed by atoms with Crippen LogP contribution >= 0.6 is 0 Å². The minimum atomic E-state index is -1.08. The van der Waals surface area contributed by atoms with E-state index in [1.54, 1.807) is 6.07 Å². The molecule has 1 aliphatic rings. The van der Waals surface area contributed by atoms with Crippen molar-refractivity contribution in [3.8, 4) is 6.07 Å². The Hall–Kier alpha value is -2.68. The molecule has 21 heavy (non-hydrogen) atoms. The molecule has 1 fully saturated rings. The van der Waals surface area contributed by atoms with Gasteiger partial charge in [0.05, 0.1) is 24.2 Å². The van der Waals surface area contributed by atoms with E-state index in [4.69, 9.17) is 0 Å². The number of nitrogens with zero attached hydrogens (tertiary/aromatic N) is 3. The number of fused-ring (bicyclic) bond motifs is 1. The van der Waals surface area contributed by atoms with Crippen LogP contribution in [0.15, 0.2) is 24.3 Å². The minimum absolute atomic E-state index is 0.329. The van der Waals surface area contributed by atoms with Gasteiger partial charge in [0.1, 0.15) is 5.69 Å². The van der Waals surface area contributed by atoms with Gasteiger partial charge in [0, 0.05) is 6.04 Å². The summed E-state index contributed by atoms with van der Waals surface area (Å²) in [6, 6.07) is 9.67. The van der Waals surface area contributed by atoms with Gasteiger partial charge >= 0.3 is 5.97 Å². The third kappa shape index (κ3) is 2.63. The topological polar surface area (TPSA) is 87.9 Å². The van der Waals surface area contributed by atoms with Crippen molar-refractivity contribution in [2.75, 3.05) is 12.4 Å². The molecule has 0 unspecified atom stereocenters. The molecule has 1 N–H and O–H groups in total. The van der Waals surface area contributed by atoms with Gasteiger partial charge in [-0.25, -0.2) is 9.97 Å². The Labute approximate surface area is 121 Å². The highest BCUT2D eigenvalue weighted by molar-refractivity contribution is 5.85. The fraction of sp³-hybridized carbons (Fsp3) is 0.333. The van der Waals surface area contributed by atoms with Crippen molar-refractivity contribution >= 4 is 22.8 Å². The van der Waals surface area contributed by atoms with Crippen molar-refractivity contribution in [2.24, 2.45) is 0 Å². The SMILES string of the molecule is COC(=O)[C@@H](C#N)c1nc2ccccc2nc1NC1CC1. The number of rotatable bonds is 4. The highest BCUT2D eigenvalue weighted by atomic mass is 16.5. The second-order valence-corrected chi connectivity index (χ2v) is 4.95. The average molecular weight is 282 g/mol. The largest absolute Gasteiger partial charge is 0.468 e. The summed E-state index contributed by atoms with van der Waals surface area (Å²) in [5.41, 5.74) is 1.71. The third-order valence-corrected chi connectivity index (χ3v) is 3.36. The van der Waals surface area contributed by atoms with Crippen molar-refractivity contribution in [1.82, 2.24) is 9.97 Å². The predicted octanol–water partition coefficient (Wildman–Crippen LogP) is 1.98. The smallest absolute Gasteiger partial charge is 0.329 e. The summed E-state index contributed by atoms with van der Waals surface area (Å²) in [5, 5.41) is 12.5. The molecule has 3 rings (SSSR count). The first-order valence-corrected chi connectivity index (χ1v) is 6.73. The molecule has 0 bridgehead atoms. The van der Waals surface area contributed by atoms with Crippen molar-refractivity contribution in [1.29, 1.82) is 5.26 Å². The Kier molecular flexibility index (Phi) is 3.40. The molecular formula is C15H14N4O2. The van der Waals surface area contributed by atoms with Gasteiger partial charge in [-0.3, -0.25) is 4.79 Å². The van der Waals surface area contributed by atoms with Gasteiger partial charge in [0.15, 0.2) is 11.7 Å². The summed E-state index contributed by atoms with van der Waals surface area (Å²) >= 11 is 0. The second kappa shape index (κ2) is 5.37. The Morgan fingerprint density at radius 3 is 2.62 bits per heavy atom. The predicted molar refractivity (Wildman–Crippen MR) is 76.6 cm³/mol. The minimum Gasteiger partial charge on any atom is -0.468 e. The van der Waals surface area contributed by atoms with Crippen LogP contribution in [0.5, 0.6) is 0 Å². The third-order valence-electron chi connectivity index (χ3n) is 3.36.